The largest absolute Gasteiger partial charge is 0.394 e. The van der Waals surface area contributed by atoms with E-state index in [-0.39, 0.29) is 0 Å². The van der Waals surface area contributed by atoms with E-state index in [9.17, 15) is 66.4 Å². The maximum absolute atomic E-state index is 11.1. The third-order valence-corrected chi connectivity index (χ3v) is 7.81. The highest BCUT2D eigenvalue weighted by molar-refractivity contribution is 4.97. The number of hydrogen-bond acceptors (Lipinski definition) is 20. The summed E-state index contributed by atoms with van der Waals surface area (Å²) in [7, 11) is 0. The first-order valence-corrected chi connectivity index (χ1v) is 13.5. The summed E-state index contributed by atoms with van der Waals surface area (Å²) in [6, 6.07) is 0. The fraction of sp³-hybridized carbons (Fsp3) is 1.00. The molecule has 0 unspecified atom stereocenters. The monoisotopic (exact) mass is 636 g/mol. The predicted molar refractivity (Wildman–Crippen MR) is 128 cm³/mol. The lowest BCUT2D eigenvalue weighted by molar-refractivity contribution is -0.391. The smallest absolute Gasteiger partial charge is 0.187 e. The van der Waals surface area contributed by atoms with Crippen molar-refractivity contribution in [2.75, 3.05) is 26.4 Å². The van der Waals surface area contributed by atoms with Crippen LogP contribution in [-0.2, 0) is 33.2 Å². The highest BCUT2D eigenvalue weighted by Gasteiger charge is 2.55. The lowest BCUT2D eigenvalue weighted by Crippen LogP contribution is -2.67. The summed E-state index contributed by atoms with van der Waals surface area (Å²) in [5, 5.41) is 132. The van der Waals surface area contributed by atoms with E-state index in [1.165, 1.54) is 0 Å². The molecular formula is C23H40O20. The van der Waals surface area contributed by atoms with Crippen molar-refractivity contribution < 1.29 is 99.5 Å². The summed E-state index contributed by atoms with van der Waals surface area (Å²) in [6.07, 6.45) is -33.4. The van der Waals surface area contributed by atoms with E-state index in [1.807, 2.05) is 0 Å². The molecule has 13 N–H and O–H groups in total. The van der Waals surface area contributed by atoms with E-state index in [0.717, 1.165) is 0 Å². The molecule has 0 bridgehead atoms. The number of hydrogen-bond donors (Lipinski definition) is 13. The fourth-order valence-corrected chi connectivity index (χ4v) is 5.24. The van der Waals surface area contributed by atoms with Crippen molar-refractivity contribution in [2.24, 2.45) is 0 Å². The Morgan fingerprint density at radius 1 is 0.442 bits per heavy atom. The van der Waals surface area contributed by atoms with Crippen molar-refractivity contribution >= 4 is 0 Å². The van der Waals surface area contributed by atoms with Gasteiger partial charge >= 0.3 is 0 Å². The van der Waals surface area contributed by atoms with Crippen LogP contribution in [0.5, 0.6) is 0 Å². The highest BCUT2D eigenvalue weighted by atomic mass is 16.8. The van der Waals surface area contributed by atoms with Gasteiger partial charge in [-0.05, 0) is 0 Å². The summed E-state index contributed by atoms with van der Waals surface area (Å²) in [4.78, 5) is 0. The molecule has 0 aromatic rings. The molecule has 252 valence electrons. The van der Waals surface area contributed by atoms with Crippen molar-refractivity contribution in [3.8, 4) is 0 Å². The molecule has 4 saturated heterocycles. The van der Waals surface area contributed by atoms with Crippen LogP contribution < -0.4 is 0 Å². The zero-order valence-corrected chi connectivity index (χ0v) is 22.5. The molecule has 0 amide bonds. The van der Waals surface area contributed by atoms with E-state index < -0.39 is 143 Å². The Kier molecular flexibility index (Phi) is 12.0. The lowest BCUT2D eigenvalue weighted by Gasteiger charge is -2.49. The lowest BCUT2D eigenvalue weighted by atomic mass is 9.95. The first kappa shape index (κ1) is 35.1. The summed E-state index contributed by atoms with van der Waals surface area (Å²) < 4.78 is 38.0. The Hall–Kier alpha value is -0.800. The minimum Gasteiger partial charge on any atom is -0.394 e. The van der Waals surface area contributed by atoms with Crippen LogP contribution in [-0.4, -0.2) is 210 Å². The molecule has 19 atom stereocenters. The Balaban J connectivity index is 1.56. The van der Waals surface area contributed by atoms with Gasteiger partial charge in [0, 0.05) is 0 Å². The number of rotatable bonds is 9. The predicted octanol–water partition coefficient (Wildman–Crippen LogP) is -9.11. The minimum absolute atomic E-state index is 0.476. The average Bonchev–Trinajstić information content (AvgIpc) is 2.99. The van der Waals surface area contributed by atoms with Crippen molar-refractivity contribution in [1.82, 2.24) is 0 Å². The van der Waals surface area contributed by atoms with Crippen LogP contribution in [0.1, 0.15) is 0 Å². The molecule has 0 radical (unpaired) electrons. The molecule has 4 heterocycles. The molecule has 4 rings (SSSR count). The summed E-state index contributed by atoms with van der Waals surface area (Å²) in [6.45, 7) is -3.04. The molecule has 0 spiro atoms. The molecule has 0 aromatic heterocycles. The second-order valence-corrected chi connectivity index (χ2v) is 10.7. The Morgan fingerprint density at radius 2 is 0.953 bits per heavy atom. The van der Waals surface area contributed by atoms with Gasteiger partial charge < -0.3 is 99.5 Å². The van der Waals surface area contributed by atoms with Crippen LogP contribution in [0.2, 0.25) is 0 Å². The van der Waals surface area contributed by atoms with Gasteiger partial charge in [0.1, 0.15) is 91.6 Å². The van der Waals surface area contributed by atoms with Gasteiger partial charge in [-0.2, -0.15) is 0 Å². The van der Waals surface area contributed by atoms with Crippen LogP contribution in [0.4, 0.5) is 0 Å². The zero-order chi connectivity index (χ0) is 31.7. The van der Waals surface area contributed by atoms with Crippen LogP contribution in [0.25, 0.3) is 0 Å². The number of ether oxygens (including phenoxy) is 7. The van der Waals surface area contributed by atoms with Gasteiger partial charge in [-0.3, -0.25) is 0 Å². The van der Waals surface area contributed by atoms with Crippen molar-refractivity contribution in [3.63, 3.8) is 0 Å². The molecule has 4 aliphatic rings. The average molecular weight is 637 g/mol. The third kappa shape index (κ3) is 7.13. The molecule has 4 fully saturated rings. The van der Waals surface area contributed by atoms with Gasteiger partial charge in [0.05, 0.1) is 26.4 Å². The van der Waals surface area contributed by atoms with E-state index in [4.69, 9.17) is 33.2 Å². The quantitative estimate of drug-likeness (QED) is 0.112. The molecule has 0 aliphatic carbocycles. The summed E-state index contributed by atoms with van der Waals surface area (Å²) in [5.74, 6) is 0. The first-order valence-electron chi connectivity index (χ1n) is 13.5. The van der Waals surface area contributed by atoms with Gasteiger partial charge in [0.15, 0.2) is 25.2 Å². The van der Waals surface area contributed by atoms with Gasteiger partial charge in [-0.15, -0.1) is 0 Å². The van der Waals surface area contributed by atoms with Gasteiger partial charge in [-0.1, -0.05) is 0 Å². The second-order valence-electron chi connectivity index (χ2n) is 10.7. The highest BCUT2D eigenvalue weighted by Crippen LogP contribution is 2.34. The second kappa shape index (κ2) is 14.7. The van der Waals surface area contributed by atoms with E-state index in [0.29, 0.717) is 0 Å². The van der Waals surface area contributed by atoms with Crippen LogP contribution in [0, 0.1) is 0 Å². The summed E-state index contributed by atoms with van der Waals surface area (Å²) >= 11 is 0. The molecule has 20 nitrogen and oxygen atoms in total. The molecular weight excluding hydrogens is 596 g/mol. The SMILES string of the molecule is OC[C@H]1O[C@@H](O[C@@H]2[C@@H](O)[C@H](O)O[C@H](CO)[C@@H]2O[C@@H]2O[C@H](CO)[C@@H](O)[C@H](O[C@@H]3OC[C@@H](O)[C@H](O)[C@H]3O)[C@H]2O)[C@H](O)[C@@H](O)[C@@H]1O. The summed E-state index contributed by atoms with van der Waals surface area (Å²) in [5.41, 5.74) is 0. The Morgan fingerprint density at radius 3 is 1.56 bits per heavy atom. The van der Waals surface area contributed by atoms with Crippen LogP contribution in [0.15, 0.2) is 0 Å². The van der Waals surface area contributed by atoms with Crippen molar-refractivity contribution in [2.45, 2.75) is 117 Å². The topological polar surface area (TPSA) is 328 Å². The minimum atomic E-state index is -2.00. The normalized spacial score (nSPS) is 53.1. The standard InChI is InChI=1S/C23H40O20/c24-1-6-10(29)12(31)14(33)22(39-6)43-19-15(34)20(36)38-8(3-26)17(19)41-23-16(35)18(11(30)7(2-25)40-23)42-21-13(32)9(28)5(27)4-37-21/h5-36H,1-4H2/t5-,6-,7-,8-,9+,10-,11-,12+,13-,14-,15-,16-,17+,18+,19-,20-,21+,22+,23+/m1/s1. The molecule has 4 aliphatic heterocycles. The van der Waals surface area contributed by atoms with Crippen LogP contribution in [0.3, 0.4) is 0 Å². The number of aliphatic hydroxyl groups excluding tert-OH is 13. The van der Waals surface area contributed by atoms with Crippen molar-refractivity contribution in [1.29, 1.82) is 0 Å². The van der Waals surface area contributed by atoms with E-state index in [1.54, 1.807) is 0 Å². The molecule has 0 aromatic carbocycles. The third-order valence-electron chi connectivity index (χ3n) is 7.81. The molecule has 0 saturated carbocycles. The zero-order valence-electron chi connectivity index (χ0n) is 22.5. The maximum atomic E-state index is 11.1. The van der Waals surface area contributed by atoms with Crippen LogP contribution >= 0.6 is 0 Å². The van der Waals surface area contributed by atoms with Gasteiger partial charge in [0.25, 0.3) is 0 Å². The Labute approximate surface area is 243 Å². The van der Waals surface area contributed by atoms with E-state index >= 15 is 0 Å². The van der Waals surface area contributed by atoms with Gasteiger partial charge in [-0.25, -0.2) is 0 Å². The molecule has 43 heavy (non-hydrogen) atoms. The van der Waals surface area contributed by atoms with Gasteiger partial charge in [0.2, 0.25) is 0 Å². The first-order chi connectivity index (χ1) is 20.3. The molecule has 20 heteroatoms. The van der Waals surface area contributed by atoms with Crippen molar-refractivity contribution in [3.05, 3.63) is 0 Å². The van der Waals surface area contributed by atoms with E-state index in [2.05, 4.69) is 0 Å². The fourth-order valence-electron chi connectivity index (χ4n) is 5.24. The number of aliphatic hydroxyl groups is 13. The maximum Gasteiger partial charge on any atom is 0.187 e. The Bertz CT molecular complexity index is 869.